The average Bonchev–Trinajstić information content (AvgIpc) is 2.42. The molecule has 2 rings (SSSR count). The van der Waals surface area contributed by atoms with Crippen molar-refractivity contribution < 1.29 is 9.84 Å². The number of aliphatic hydroxyl groups is 1. The largest absolute Gasteiger partial charge is 0.488 e. The predicted molar refractivity (Wildman–Crippen MR) is 82.4 cm³/mol. The monoisotopic (exact) mass is 297 g/mol. The van der Waals surface area contributed by atoms with Gasteiger partial charge < -0.3 is 15.2 Å². The van der Waals surface area contributed by atoms with E-state index >= 15 is 0 Å². The van der Waals surface area contributed by atoms with Gasteiger partial charge in [-0.05, 0) is 56.0 Å². The van der Waals surface area contributed by atoms with Gasteiger partial charge in [-0.3, -0.25) is 0 Å². The molecule has 0 bridgehead atoms. The van der Waals surface area contributed by atoms with Crippen molar-refractivity contribution in [3.05, 3.63) is 29.3 Å². The molecular formula is C16H24ClNO2. The van der Waals surface area contributed by atoms with Gasteiger partial charge in [0.25, 0.3) is 0 Å². The Hall–Kier alpha value is -0.770. The molecule has 4 heteroatoms. The molecule has 1 saturated carbocycles. The molecule has 2 N–H and O–H groups in total. The fourth-order valence-electron chi connectivity index (χ4n) is 2.57. The molecule has 0 radical (unpaired) electrons. The van der Waals surface area contributed by atoms with Crippen LogP contribution in [-0.2, 0) is 0 Å². The first-order valence-corrected chi connectivity index (χ1v) is 7.77. The number of hydrogen-bond acceptors (Lipinski definition) is 3. The van der Waals surface area contributed by atoms with Crippen molar-refractivity contribution in [2.45, 2.75) is 51.4 Å². The third kappa shape index (κ3) is 4.37. The number of nitrogens with one attached hydrogen (secondary N) is 1. The van der Waals surface area contributed by atoms with Gasteiger partial charge in [0.05, 0.1) is 0 Å². The van der Waals surface area contributed by atoms with E-state index in [2.05, 4.69) is 19.2 Å². The molecule has 0 unspecified atom stereocenters. The molecule has 1 aromatic carbocycles. The fourth-order valence-corrected chi connectivity index (χ4v) is 2.69. The Morgan fingerprint density at radius 2 is 2.00 bits per heavy atom. The molecule has 0 saturated heterocycles. The molecular weight excluding hydrogens is 274 g/mol. The van der Waals surface area contributed by atoms with Crippen molar-refractivity contribution in [3.63, 3.8) is 0 Å². The fraction of sp³-hybridized carbons (Fsp3) is 0.625. The number of ether oxygens (including phenoxy) is 1. The van der Waals surface area contributed by atoms with Gasteiger partial charge in [0, 0.05) is 11.1 Å². The second-order valence-corrected chi connectivity index (χ2v) is 6.38. The maximum Gasteiger partial charge on any atom is 0.126 e. The molecule has 1 fully saturated rings. The van der Waals surface area contributed by atoms with Gasteiger partial charge in [0.1, 0.15) is 18.0 Å². The SMILES string of the molecule is CC(C)CN[C@H]1CCC[C@@H](Oc2ccc(Cl)cc2)[C@@H]1O. The lowest BCUT2D eigenvalue weighted by Gasteiger charge is -2.35. The molecule has 0 spiro atoms. The first kappa shape index (κ1) is 15.6. The summed E-state index contributed by atoms with van der Waals surface area (Å²) in [4.78, 5) is 0. The first-order valence-electron chi connectivity index (χ1n) is 7.40. The van der Waals surface area contributed by atoms with Crippen molar-refractivity contribution in [2.75, 3.05) is 6.54 Å². The molecule has 0 amide bonds. The second kappa shape index (κ2) is 7.30. The minimum Gasteiger partial charge on any atom is -0.488 e. The molecule has 20 heavy (non-hydrogen) atoms. The van der Waals surface area contributed by atoms with E-state index in [4.69, 9.17) is 16.3 Å². The Kier molecular flexibility index (Phi) is 5.70. The zero-order chi connectivity index (χ0) is 14.5. The highest BCUT2D eigenvalue weighted by Crippen LogP contribution is 2.25. The molecule has 1 aromatic rings. The van der Waals surface area contributed by atoms with E-state index in [0.717, 1.165) is 31.6 Å². The lowest BCUT2D eigenvalue weighted by molar-refractivity contribution is -0.0158. The number of aliphatic hydroxyl groups excluding tert-OH is 1. The van der Waals surface area contributed by atoms with Crippen LogP contribution < -0.4 is 10.1 Å². The lowest BCUT2D eigenvalue weighted by Crippen LogP contribution is -2.51. The summed E-state index contributed by atoms with van der Waals surface area (Å²) in [6.45, 7) is 5.27. The highest BCUT2D eigenvalue weighted by atomic mass is 35.5. The van der Waals surface area contributed by atoms with E-state index in [-0.39, 0.29) is 12.1 Å². The topological polar surface area (TPSA) is 41.5 Å². The zero-order valence-electron chi connectivity index (χ0n) is 12.2. The number of halogens is 1. The maximum absolute atomic E-state index is 10.4. The van der Waals surface area contributed by atoms with E-state index in [1.54, 1.807) is 12.1 Å². The van der Waals surface area contributed by atoms with E-state index in [0.29, 0.717) is 10.9 Å². The van der Waals surface area contributed by atoms with Gasteiger partial charge in [-0.1, -0.05) is 25.4 Å². The summed E-state index contributed by atoms with van der Waals surface area (Å²) < 4.78 is 5.91. The summed E-state index contributed by atoms with van der Waals surface area (Å²) in [5, 5.41) is 14.6. The Balaban J connectivity index is 1.92. The summed E-state index contributed by atoms with van der Waals surface area (Å²) in [5.41, 5.74) is 0. The van der Waals surface area contributed by atoms with Crippen LogP contribution in [0.3, 0.4) is 0 Å². The van der Waals surface area contributed by atoms with Gasteiger partial charge in [-0.25, -0.2) is 0 Å². The van der Waals surface area contributed by atoms with Crippen LogP contribution in [0.4, 0.5) is 0 Å². The zero-order valence-corrected chi connectivity index (χ0v) is 12.9. The predicted octanol–water partition coefficient (Wildman–Crippen LogP) is 3.25. The Morgan fingerprint density at radius 1 is 1.30 bits per heavy atom. The summed E-state index contributed by atoms with van der Waals surface area (Å²) in [7, 11) is 0. The standard InChI is InChI=1S/C16H24ClNO2/c1-11(2)10-18-14-4-3-5-15(16(14)19)20-13-8-6-12(17)7-9-13/h6-9,11,14-16,18-19H,3-5,10H2,1-2H3/t14-,15+,16+/m0/s1. The third-order valence-corrected chi connectivity index (χ3v) is 3.94. The van der Waals surface area contributed by atoms with Crippen LogP contribution in [0.2, 0.25) is 5.02 Å². The summed E-state index contributed by atoms with van der Waals surface area (Å²) in [5.74, 6) is 1.35. The van der Waals surface area contributed by atoms with Gasteiger partial charge >= 0.3 is 0 Å². The smallest absolute Gasteiger partial charge is 0.126 e. The van der Waals surface area contributed by atoms with Crippen LogP contribution >= 0.6 is 11.6 Å². The molecule has 3 atom stereocenters. The van der Waals surface area contributed by atoms with Gasteiger partial charge in [0.2, 0.25) is 0 Å². The van der Waals surface area contributed by atoms with Crippen molar-refractivity contribution in [3.8, 4) is 5.75 Å². The number of hydrogen-bond donors (Lipinski definition) is 2. The molecule has 112 valence electrons. The molecule has 0 aromatic heterocycles. The van der Waals surface area contributed by atoms with E-state index in [9.17, 15) is 5.11 Å². The molecule has 1 aliphatic rings. The normalized spacial score (nSPS) is 26.8. The summed E-state index contributed by atoms with van der Waals surface area (Å²) in [6, 6.07) is 7.44. The summed E-state index contributed by atoms with van der Waals surface area (Å²) >= 11 is 5.86. The lowest BCUT2D eigenvalue weighted by atomic mass is 9.89. The molecule has 0 aliphatic heterocycles. The average molecular weight is 298 g/mol. The quantitative estimate of drug-likeness (QED) is 0.876. The number of rotatable bonds is 5. The van der Waals surface area contributed by atoms with Crippen molar-refractivity contribution in [1.82, 2.24) is 5.32 Å². The molecule has 0 heterocycles. The molecule has 3 nitrogen and oxygen atoms in total. The Labute approximate surface area is 126 Å². The van der Waals surface area contributed by atoms with Crippen LogP contribution in [0.1, 0.15) is 33.1 Å². The van der Waals surface area contributed by atoms with E-state index < -0.39 is 6.10 Å². The van der Waals surface area contributed by atoms with Crippen molar-refractivity contribution in [2.24, 2.45) is 5.92 Å². The minimum atomic E-state index is -0.460. The van der Waals surface area contributed by atoms with Crippen LogP contribution in [0.25, 0.3) is 0 Å². The first-order chi connectivity index (χ1) is 9.56. The van der Waals surface area contributed by atoms with Crippen LogP contribution in [-0.4, -0.2) is 29.9 Å². The highest BCUT2D eigenvalue weighted by Gasteiger charge is 2.33. The number of benzene rings is 1. The molecule has 1 aliphatic carbocycles. The Morgan fingerprint density at radius 3 is 2.65 bits per heavy atom. The van der Waals surface area contributed by atoms with Crippen molar-refractivity contribution in [1.29, 1.82) is 0 Å². The van der Waals surface area contributed by atoms with Crippen LogP contribution in [0.5, 0.6) is 5.75 Å². The van der Waals surface area contributed by atoms with Gasteiger partial charge in [0.15, 0.2) is 0 Å². The summed E-state index contributed by atoms with van der Waals surface area (Å²) in [6.07, 6.45) is 2.37. The maximum atomic E-state index is 10.4. The van der Waals surface area contributed by atoms with Gasteiger partial charge in [-0.2, -0.15) is 0 Å². The third-order valence-electron chi connectivity index (χ3n) is 3.69. The Bertz CT molecular complexity index is 407. The van der Waals surface area contributed by atoms with Gasteiger partial charge in [-0.15, -0.1) is 0 Å². The van der Waals surface area contributed by atoms with Crippen LogP contribution in [0.15, 0.2) is 24.3 Å². The van der Waals surface area contributed by atoms with E-state index in [1.807, 2.05) is 12.1 Å². The van der Waals surface area contributed by atoms with Crippen molar-refractivity contribution >= 4 is 11.6 Å². The van der Waals surface area contributed by atoms with Crippen LogP contribution in [0, 0.1) is 5.92 Å². The second-order valence-electron chi connectivity index (χ2n) is 5.94. The highest BCUT2D eigenvalue weighted by molar-refractivity contribution is 6.30. The van der Waals surface area contributed by atoms with E-state index in [1.165, 1.54) is 0 Å². The minimum absolute atomic E-state index is 0.128.